The van der Waals surface area contributed by atoms with Crippen molar-refractivity contribution in [1.29, 1.82) is 0 Å². The maximum Gasteiger partial charge on any atom is 0.412 e. The molecule has 2 atom stereocenters. The van der Waals surface area contributed by atoms with Gasteiger partial charge in [0.1, 0.15) is 6.04 Å². The number of carbonyl (C=O) groups excluding carboxylic acids is 2. The predicted molar refractivity (Wildman–Crippen MR) is 148 cm³/mol. The van der Waals surface area contributed by atoms with Gasteiger partial charge >= 0.3 is 12.1 Å². The van der Waals surface area contributed by atoms with E-state index in [2.05, 4.69) is 0 Å². The largest absolute Gasteiger partial charge is 0.481 e. The van der Waals surface area contributed by atoms with Gasteiger partial charge in [0.05, 0.1) is 18.7 Å². The van der Waals surface area contributed by atoms with Gasteiger partial charge in [-0.25, -0.2) is 4.79 Å². The number of carboxylic acids is 1. The Bertz CT molecular complexity index is 1430. The lowest BCUT2D eigenvalue weighted by Gasteiger charge is -2.38. The Morgan fingerprint density at radius 1 is 0.800 bits per heavy atom. The number of hydrogen-bond donors (Lipinski definition) is 2. The van der Waals surface area contributed by atoms with E-state index >= 15 is 0 Å². The number of carbonyl (C=O) groups is 4. The lowest BCUT2D eigenvalue weighted by Crippen LogP contribution is -2.54. The minimum atomic E-state index is -1.23. The Labute approximate surface area is 232 Å². The second kappa shape index (κ2) is 11.6. The molecule has 2 aliphatic rings. The van der Waals surface area contributed by atoms with Crippen molar-refractivity contribution in [3.8, 4) is 0 Å². The number of carboxylic acid groups (broad SMARTS) is 2. The zero-order chi connectivity index (χ0) is 28.2. The molecule has 3 aromatic carbocycles. The first kappa shape index (κ1) is 26.9. The molecule has 9 heteroatoms. The zero-order valence-corrected chi connectivity index (χ0v) is 22.0. The molecule has 2 aliphatic heterocycles. The molecule has 0 aromatic heterocycles. The summed E-state index contributed by atoms with van der Waals surface area (Å²) in [6, 6.07) is 22.7. The molecule has 2 heterocycles. The summed E-state index contributed by atoms with van der Waals surface area (Å²) in [5.41, 5.74) is 4.16. The van der Waals surface area contributed by atoms with Crippen LogP contribution in [0.2, 0.25) is 0 Å². The highest BCUT2D eigenvalue weighted by Crippen LogP contribution is 2.33. The van der Waals surface area contributed by atoms with Crippen LogP contribution < -0.4 is 4.90 Å². The third-order valence-corrected chi connectivity index (χ3v) is 7.70. The fraction of sp³-hybridized carbons (Fsp3) is 0.290. The van der Waals surface area contributed by atoms with E-state index in [4.69, 9.17) is 0 Å². The summed E-state index contributed by atoms with van der Waals surface area (Å²) in [7, 11) is 0. The molecular weight excluding hydrogens is 510 g/mol. The minimum absolute atomic E-state index is 0.206. The van der Waals surface area contributed by atoms with E-state index in [-0.39, 0.29) is 38.4 Å². The van der Waals surface area contributed by atoms with Gasteiger partial charge in [0.25, 0.3) is 0 Å². The number of amides is 3. The van der Waals surface area contributed by atoms with Crippen molar-refractivity contribution < 1.29 is 29.4 Å². The molecule has 5 rings (SSSR count). The van der Waals surface area contributed by atoms with Crippen LogP contribution in [0.5, 0.6) is 0 Å². The van der Waals surface area contributed by atoms with Gasteiger partial charge in [-0.1, -0.05) is 72.8 Å². The van der Waals surface area contributed by atoms with Gasteiger partial charge in [-0.05, 0) is 41.2 Å². The maximum atomic E-state index is 14.0. The maximum absolute atomic E-state index is 14.0. The highest BCUT2D eigenvalue weighted by Gasteiger charge is 2.41. The summed E-state index contributed by atoms with van der Waals surface area (Å²) in [5, 5.41) is 19.5. The van der Waals surface area contributed by atoms with Crippen LogP contribution in [0.3, 0.4) is 0 Å². The standard InChI is InChI=1S/C31H31N3O6/c35-28(33-19-24-12-5-4-10-22(24)16-25(33)18-29(36)37)20-32(15-14-21-8-2-1-3-9-21)30(38)27-17-23-11-6-7-13-26(23)34(27)31(39)40/h1-13,25,27H,14-20H2,(H,36,37)(H,39,40)/t25-,27-/m1/s1. The Balaban J connectivity index is 1.41. The molecule has 3 amide bonds. The Morgan fingerprint density at radius 3 is 2.15 bits per heavy atom. The highest BCUT2D eigenvalue weighted by molar-refractivity contribution is 6.00. The van der Waals surface area contributed by atoms with E-state index in [9.17, 15) is 29.4 Å². The summed E-state index contributed by atoms with van der Waals surface area (Å²) in [4.78, 5) is 55.7. The molecule has 40 heavy (non-hydrogen) atoms. The second-order valence-corrected chi connectivity index (χ2v) is 10.2. The van der Waals surface area contributed by atoms with Crippen molar-refractivity contribution in [2.75, 3.05) is 18.0 Å². The highest BCUT2D eigenvalue weighted by atomic mass is 16.4. The van der Waals surface area contributed by atoms with Gasteiger partial charge in [-0.15, -0.1) is 0 Å². The van der Waals surface area contributed by atoms with Crippen LogP contribution in [0.25, 0.3) is 0 Å². The Kier molecular flexibility index (Phi) is 7.82. The van der Waals surface area contributed by atoms with E-state index in [0.29, 0.717) is 18.5 Å². The average molecular weight is 542 g/mol. The predicted octanol–water partition coefficient (Wildman–Crippen LogP) is 3.60. The van der Waals surface area contributed by atoms with E-state index in [0.717, 1.165) is 27.2 Å². The van der Waals surface area contributed by atoms with E-state index in [1.165, 1.54) is 4.90 Å². The van der Waals surface area contributed by atoms with Crippen LogP contribution in [0, 0.1) is 0 Å². The van der Waals surface area contributed by atoms with Gasteiger partial charge in [0, 0.05) is 25.6 Å². The number of rotatable bonds is 8. The number of benzene rings is 3. The molecule has 206 valence electrons. The first-order valence-electron chi connectivity index (χ1n) is 13.3. The van der Waals surface area contributed by atoms with Gasteiger partial charge < -0.3 is 20.0 Å². The number of aliphatic carboxylic acids is 1. The molecule has 3 aromatic rings. The summed E-state index contributed by atoms with van der Waals surface area (Å²) in [5.74, 6) is -1.81. The number of anilines is 1. The monoisotopic (exact) mass is 541 g/mol. The molecule has 9 nitrogen and oxygen atoms in total. The fourth-order valence-corrected chi connectivity index (χ4v) is 5.72. The van der Waals surface area contributed by atoms with Crippen LogP contribution in [0.15, 0.2) is 78.9 Å². The molecule has 0 fully saturated rings. The molecule has 0 radical (unpaired) electrons. The lowest BCUT2D eigenvalue weighted by atomic mass is 9.92. The first-order chi connectivity index (χ1) is 19.3. The van der Waals surface area contributed by atoms with Crippen LogP contribution >= 0.6 is 0 Å². The molecular formula is C31H31N3O6. The van der Waals surface area contributed by atoms with Gasteiger partial charge in [0.15, 0.2) is 0 Å². The van der Waals surface area contributed by atoms with Crippen molar-refractivity contribution >= 4 is 29.6 Å². The molecule has 0 saturated carbocycles. The third-order valence-electron chi connectivity index (χ3n) is 7.70. The molecule has 0 aliphatic carbocycles. The van der Waals surface area contributed by atoms with Gasteiger partial charge in [-0.3, -0.25) is 19.3 Å². The SMILES string of the molecule is O=C(O)C[C@H]1Cc2ccccc2CN1C(=O)CN(CCc1ccccc1)C(=O)[C@H]1Cc2ccccc2N1C(=O)O. The average Bonchev–Trinajstić information content (AvgIpc) is 3.35. The van der Waals surface area contributed by atoms with Crippen LogP contribution in [0.1, 0.15) is 28.7 Å². The van der Waals surface area contributed by atoms with Gasteiger partial charge in [-0.2, -0.15) is 0 Å². The smallest absolute Gasteiger partial charge is 0.412 e. The molecule has 0 unspecified atom stereocenters. The molecule has 0 saturated heterocycles. The Morgan fingerprint density at radius 2 is 1.45 bits per heavy atom. The van der Waals surface area contributed by atoms with Crippen molar-refractivity contribution in [1.82, 2.24) is 9.80 Å². The van der Waals surface area contributed by atoms with Crippen LogP contribution in [-0.2, 0) is 40.2 Å². The number of nitrogens with zero attached hydrogens (tertiary/aromatic N) is 3. The lowest BCUT2D eigenvalue weighted by molar-refractivity contribution is -0.145. The van der Waals surface area contributed by atoms with Gasteiger partial charge in [0.2, 0.25) is 11.8 Å². The number of hydrogen-bond acceptors (Lipinski definition) is 4. The molecule has 0 bridgehead atoms. The number of para-hydroxylation sites is 1. The first-order valence-corrected chi connectivity index (χ1v) is 13.3. The number of fused-ring (bicyclic) bond motifs is 2. The normalized spacial score (nSPS) is 17.6. The fourth-order valence-electron chi connectivity index (χ4n) is 5.72. The Hall–Kier alpha value is -4.66. The second-order valence-electron chi connectivity index (χ2n) is 10.2. The van der Waals surface area contributed by atoms with Crippen molar-refractivity contribution in [3.05, 3.63) is 101 Å². The quantitative estimate of drug-likeness (QED) is 0.450. The summed E-state index contributed by atoms with van der Waals surface area (Å²) in [6.45, 7) is 0.191. The molecule has 0 spiro atoms. The van der Waals surface area contributed by atoms with Crippen molar-refractivity contribution in [2.45, 2.75) is 44.3 Å². The van der Waals surface area contributed by atoms with Crippen molar-refractivity contribution in [3.63, 3.8) is 0 Å². The van der Waals surface area contributed by atoms with E-state index in [1.807, 2.05) is 54.6 Å². The zero-order valence-electron chi connectivity index (χ0n) is 22.0. The summed E-state index contributed by atoms with van der Waals surface area (Å²) in [6.07, 6.45) is -0.323. The third kappa shape index (κ3) is 5.68. The summed E-state index contributed by atoms with van der Waals surface area (Å²) < 4.78 is 0. The molecule has 2 N–H and O–H groups in total. The minimum Gasteiger partial charge on any atom is -0.481 e. The van der Waals surface area contributed by atoms with Crippen LogP contribution in [-0.4, -0.2) is 69.1 Å². The van der Waals surface area contributed by atoms with Crippen LogP contribution in [0.4, 0.5) is 10.5 Å². The van der Waals surface area contributed by atoms with Crippen molar-refractivity contribution in [2.24, 2.45) is 0 Å². The summed E-state index contributed by atoms with van der Waals surface area (Å²) >= 11 is 0. The topological polar surface area (TPSA) is 118 Å². The van der Waals surface area contributed by atoms with E-state index < -0.39 is 30.1 Å². The van der Waals surface area contributed by atoms with E-state index in [1.54, 1.807) is 29.2 Å².